The molecule has 9 nitrogen and oxygen atoms in total. The third-order valence-corrected chi connectivity index (χ3v) is 11.0. The molecule has 3 heterocycles. The molecule has 46 heavy (non-hydrogen) atoms. The molecule has 0 fully saturated rings. The summed E-state index contributed by atoms with van der Waals surface area (Å²) >= 11 is 2.80. The second kappa shape index (κ2) is 14.0. The predicted octanol–water partition coefficient (Wildman–Crippen LogP) is 6.40. The molecule has 0 aliphatic carbocycles. The highest BCUT2D eigenvalue weighted by atomic mass is 32.1. The molecule has 1 atom stereocenters. The predicted molar refractivity (Wildman–Crippen MR) is 186 cm³/mol. The number of thiazole rings is 2. The van der Waals surface area contributed by atoms with E-state index in [-0.39, 0.29) is 18.2 Å². The van der Waals surface area contributed by atoms with Crippen molar-refractivity contribution in [2.75, 3.05) is 24.7 Å². The molecule has 2 aromatic heterocycles. The number of para-hydroxylation sites is 1. The summed E-state index contributed by atoms with van der Waals surface area (Å²) in [6.07, 6.45) is 0.0171. The first-order chi connectivity index (χ1) is 21.8. The molecule has 0 saturated carbocycles. The lowest BCUT2D eigenvalue weighted by atomic mass is 9.94. The number of ether oxygens (including phenoxy) is 2. The number of carbonyl (C=O) groups is 2. The van der Waals surface area contributed by atoms with Gasteiger partial charge in [-0.05, 0) is 62.6 Å². The first-order valence-corrected chi connectivity index (χ1v) is 20.6. The zero-order valence-electron chi connectivity index (χ0n) is 27.1. The van der Waals surface area contributed by atoms with Gasteiger partial charge in [0.1, 0.15) is 22.1 Å². The number of carbonyl (C=O) groups excluding carboxylic acids is 2. The monoisotopic (exact) mass is 676 g/mol. The van der Waals surface area contributed by atoms with Gasteiger partial charge in [-0.1, -0.05) is 67.1 Å². The molecular formula is C34H40N4O5S2Si. The van der Waals surface area contributed by atoms with Gasteiger partial charge in [0.25, 0.3) is 5.91 Å². The van der Waals surface area contributed by atoms with E-state index in [1.165, 1.54) is 22.7 Å². The molecule has 2 aromatic carbocycles. The third-order valence-electron chi connectivity index (χ3n) is 7.21. The van der Waals surface area contributed by atoms with Crippen LogP contribution in [0.25, 0.3) is 10.2 Å². The standard InChI is InChI=1S/C34H40N4O5S2Si/c1-34(2,3)43-32(41)28-27(15-10-18-39)45-33(36-28)38-17-16-22-11-9-12-23(24(22)21-38)29(40)37-30(42-19-20-46(4,5)6)31-35-25-13-7-8-14-26(25)44-31/h7-9,11-14,30,39H,16-21H2,1-6H3,(H,37,40). The van der Waals surface area contributed by atoms with E-state index in [4.69, 9.17) is 14.5 Å². The van der Waals surface area contributed by atoms with Crippen LogP contribution in [0.3, 0.4) is 0 Å². The van der Waals surface area contributed by atoms with E-state index in [1.807, 2.05) is 42.5 Å². The number of aliphatic hydroxyl groups excluding tert-OH is 1. The van der Waals surface area contributed by atoms with Gasteiger partial charge < -0.3 is 24.8 Å². The summed E-state index contributed by atoms with van der Waals surface area (Å²) in [5.41, 5.74) is 2.85. The first kappa shape index (κ1) is 33.8. The Balaban J connectivity index is 1.41. The highest BCUT2D eigenvalue weighted by Gasteiger charge is 2.29. The summed E-state index contributed by atoms with van der Waals surface area (Å²) < 4.78 is 12.9. The maximum absolute atomic E-state index is 14.0. The quantitative estimate of drug-likeness (QED) is 0.0907. The highest BCUT2D eigenvalue weighted by molar-refractivity contribution is 7.18. The van der Waals surface area contributed by atoms with E-state index < -0.39 is 25.9 Å². The second-order valence-corrected chi connectivity index (χ2v) is 21.0. The molecule has 1 aliphatic rings. The van der Waals surface area contributed by atoms with Gasteiger partial charge in [0.2, 0.25) is 0 Å². The molecule has 1 amide bonds. The Labute approximate surface area is 279 Å². The van der Waals surface area contributed by atoms with Gasteiger partial charge in [-0.15, -0.1) is 11.3 Å². The minimum atomic E-state index is -1.36. The van der Waals surface area contributed by atoms with Gasteiger partial charge in [-0.2, -0.15) is 0 Å². The number of aromatic nitrogens is 2. The lowest BCUT2D eigenvalue weighted by molar-refractivity contribution is 0.00631. The fourth-order valence-corrected chi connectivity index (χ4v) is 7.58. The first-order valence-electron chi connectivity index (χ1n) is 15.3. The summed E-state index contributed by atoms with van der Waals surface area (Å²) in [4.78, 5) is 38.9. The summed E-state index contributed by atoms with van der Waals surface area (Å²) in [7, 11) is -1.36. The largest absolute Gasteiger partial charge is 0.455 e. The second-order valence-electron chi connectivity index (χ2n) is 13.3. The van der Waals surface area contributed by atoms with Crippen LogP contribution in [0.15, 0.2) is 42.5 Å². The molecule has 0 radical (unpaired) electrons. The Bertz CT molecular complexity index is 1760. The molecule has 1 aliphatic heterocycles. The van der Waals surface area contributed by atoms with E-state index >= 15 is 0 Å². The van der Waals surface area contributed by atoms with Crippen molar-refractivity contribution in [1.29, 1.82) is 0 Å². The average Bonchev–Trinajstić information content (AvgIpc) is 3.62. The van der Waals surface area contributed by atoms with Crippen molar-refractivity contribution in [3.8, 4) is 11.8 Å². The number of esters is 1. The topological polar surface area (TPSA) is 114 Å². The summed E-state index contributed by atoms with van der Waals surface area (Å²) in [6, 6.07) is 14.7. The smallest absolute Gasteiger partial charge is 0.359 e. The number of nitrogens with one attached hydrogen (secondary N) is 1. The van der Waals surface area contributed by atoms with Crippen LogP contribution in [0.4, 0.5) is 5.13 Å². The lowest BCUT2D eigenvalue weighted by Crippen LogP contribution is -2.35. The van der Waals surface area contributed by atoms with Crippen molar-refractivity contribution in [3.05, 3.63) is 74.7 Å². The van der Waals surface area contributed by atoms with Crippen LogP contribution in [0.5, 0.6) is 0 Å². The summed E-state index contributed by atoms with van der Waals surface area (Å²) in [5.74, 6) is 4.68. The lowest BCUT2D eigenvalue weighted by Gasteiger charge is -2.30. The number of amides is 1. The maximum Gasteiger partial charge on any atom is 0.359 e. The van der Waals surface area contributed by atoms with Gasteiger partial charge in [0.05, 0.1) is 10.2 Å². The molecule has 5 rings (SSSR count). The van der Waals surface area contributed by atoms with Crippen molar-refractivity contribution in [3.63, 3.8) is 0 Å². The molecule has 12 heteroatoms. The molecular weight excluding hydrogens is 637 g/mol. The molecule has 242 valence electrons. The molecule has 0 bridgehead atoms. The molecule has 1 unspecified atom stereocenters. The Morgan fingerprint density at radius 2 is 1.89 bits per heavy atom. The third kappa shape index (κ3) is 8.40. The SMILES string of the molecule is CC(C)(C)OC(=O)c1nc(N2CCc3cccc(C(=O)NC(OCC[Si](C)(C)C)c4nc5ccccc5s4)c3C2)sc1C#CCO. The number of hydrogen-bond acceptors (Lipinski definition) is 10. The molecule has 0 spiro atoms. The summed E-state index contributed by atoms with van der Waals surface area (Å²) in [5, 5.41) is 13.7. The number of hydrogen-bond donors (Lipinski definition) is 2. The van der Waals surface area contributed by atoms with E-state index in [2.05, 4.69) is 46.7 Å². The van der Waals surface area contributed by atoms with E-state index in [0.717, 1.165) is 27.4 Å². The maximum atomic E-state index is 14.0. The van der Waals surface area contributed by atoms with Gasteiger partial charge in [-0.3, -0.25) is 4.79 Å². The number of rotatable bonds is 9. The van der Waals surface area contributed by atoms with Crippen molar-refractivity contribution in [2.45, 2.75) is 71.3 Å². The Hall–Kier alpha value is -3.60. The van der Waals surface area contributed by atoms with Crippen LogP contribution in [0.2, 0.25) is 25.7 Å². The highest BCUT2D eigenvalue weighted by Crippen LogP contribution is 2.33. The minimum absolute atomic E-state index is 0.127. The summed E-state index contributed by atoms with van der Waals surface area (Å²) in [6.45, 7) is 13.5. The van der Waals surface area contributed by atoms with Gasteiger partial charge in [0.15, 0.2) is 17.1 Å². The molecule has 4 aromatic rings. The van der Waals surface area contributed by atoms with Crippen LogP contribution in [0.1, 0.15) is 68.9 Å². The molecule has 0 saturated heterocycles. The van der Waals surface area contributed by atoms with E-state index in [1.54, 1.807) is 20.8 Å². The van der Waals surface area contributed by atoms with Gasteiger partial charge in [-0.25, -0.2) is 14.8 Å². The van der Waals surface area contributed by atoms with Crippen LogP contribution in [-0.4, -0.2) is 60.4 Å². The normalized spacial score (nSPS) is 13.9. The van der Waals surface area contributed by atoms with Crippen LogP contribution in [-0.2, 0) is 22.4 Å². The van der Waals surface area contributed by atoms with Crippen molar-refractivity contribution in [2.24, 2.45) is 0 Å². The van der Waals surface area contributed by atoms with Gasteiger partial charge in [0, 0.05) is 33.3 Å². The van der Waals surface area contributed by atoms with Crippen LogP contribution < -0.4 is 10.2 Å². The Morgan fingerprint density at radius 3 is 2.61 bits per heavy atom. The number of nitrogens with zero attached hydrogens (tertiary/aromatic N) is 3. The fourth-order valence-electron chi connectivity index (χ4n) is 4.93. The zero-order chi connectivity index (χ0) is 33.1. The molecule has 2 N–H and O–H groups in total. The minimum Gasteiger partial charge on any atom is -0.455 e. The van der Waals surface area contributed by atoms with Crippen molar-refractivity contribution in [1.82, 2.24) is 15.3 Å². The number of benzene rings is 2. The van der Waals surface area contributed by atoms with Crippen LogP contribution >= 0.6 is 22.7 Å². The van der Waals surface area contributed by atoms with E-state index in [9.17, 15) is 14.7 Å². The number of fused-ring (bicyclic) bond motifs is 2. The zero-order valence-corrected chi connectivity index (χ0v) is 29.7. The Morgan fingerprint density at radius 1 is 1.11 bits per heavy atom. The van der Waals surface area contributed by atoms with E-state index in [0.29, 0.717) is 46.7 Å². The van der Waals surface area contributed by atoms with Gasteiger partial charge >= 0.3 is 5.97 Å². The van der Waals surface area contributed by atoms with Crippen molar-refractivity contribution >= 4 is 58.0 Å². The average molecular weight is 677 g/mol. The van der Waals surface area contributed by atoms with Crippen LogP contribution in [0, 0.1) is 11.8 Å². The number of anilines is 1. The fraction of sp³-hybridized carbons (Fsp3) is 0.412. The number of aliphatic hydroxyl groups is 1. The Kier molecular flexibility index (Phi) is 10.3. The van der Waals surface area contributed by atoms with Crippen molar-refractivity contribution < 1.29 is 24.2 Å².